The molecule has 80 valence electrons. The first-order valence-corrected chi connectivity index (χ1v) is 4.89. The summed E-state index contributed by atoms with van der Waals surface area (Å²) in [4.78, 5) is 0. The van der Waals surface area contributed by atoms with Crippen LogP contribution in [0.15, 0.2) is 24.8 Å². The monoisotopic (exact) mass is 205 g/mol. The Morgan fingerprint density at radius 2 is 1.80 bits per heavy atom. The van der Waals surface area contributed by atoms with Gasteiger partial charge >= 0.3 is 0 Å². The number of hydrogen-bond acceptors (Lipinski definition) is 3. The van der Waals surface area contributed by atoms with E-state index in [1.165, 1.54) is 5.56 Å². The van der Waals surface area contributed by atoms with Gasteiger partial charge in [-0.15, -0.1) is 0 Å². The Bertz CT molecular complexity index is 442. The molecule has 0 unspecified atom stereocenters. The zero-order valence-electron chi connectivity index (χ0n) is 9.18. The van der Waals surface area contributed by atoms with Crippen LogP contribution in [-0.4, -0.2) is 19.6 Å². The van der Waals surface area contributed by atoms with Crippen LogP contribution in [0.3, 0.4) is 0 Å². The van der Waals surface area contributed by atoms with Gasteiger partial charge in [-0.2, -0.15) is 10.2 Å². The highest BCUT2D eigenvalue weighted by molar-refractivity contribution is 5.40. The second kappa shape index (κ2) is 3.76. The van der Waals surface area contributed by atoms with Crippen LogP contribution in [0, 0.1) is 0 Å². The lowest BCUT2D eigenvalue weighted by atomic mass is 10.2. The van der Waals surface area contributed by atoms with E-state index in [-0.39, 0.29) is 6.04 Å². The molecule has 0 amide bonds. The van der Waals surface area contributed by atoms with Crippen molar-refractivity contribution in [3.63, 3.8) is 0 Å². The lowest BCUT2D eigenvalue weighted by molar-refractivity contribution is 0.764. The van der Waals surface area contributed by atoms with Crippen LogP contribution in [0.2, 0.25) is 0 Å². The maximum absolute atomic E-state index is 4.14. The van der Waals surface area contributed by atoms with E-state index in [4.69, 9.17) is 0 Å². The largest absolute Gasteiger partial charge is 0.376 e. The van der Waals surface area contributed by atoms with Gasteiger partial charge in [-0.1, -0.05) is 0 Å². The Hall–Kier alpha value is -1.78. The SMILES string of the molecule is C[C@H](Nc1cnn(C)c1)c1cnn(C)c1. The molecular formula is C10H15N5. The summed E-state index contributed by atoms with van der Waals surface area (Å²) >= 11 is 0. The molecule has 5 heteroatoms. The van der Waals surface area contributed by atoms with Crippen molar-refractivity contribution in [1.29, 1.82) is 0 Å². The number of hydrogen-bond donors (Lipinski definition) is 1. The normalized spacial score (nSPS) is 12.7. The lowest BCUT2D eigenvalue weighted by Gasteiger charge is -2.10. The number of aromatic nitrogens is 4. The molecule has 1 N–H and O–H groups in total. The summed E-state index contributed by atoms with van der Waals surface area (Å²) in [6.07, 6.45) is 7.64. The van der Waals surface area contributed by atoms with E-state index in [2.05, 4.69) is 22.4 Å². The number of anilines is 1. The van der Waals surface area contributed by atoms with Crippen molar-refractivity contribution >= 4 is 5.69 Å². The van der Waals surface area contributed by atoms with E-state index in [0.29, 0.717) is 0 Å². The molecule has 5 nitrogen and oxygen atoms in total. The van der Waals surface area contributed by atoms with Gasteiger partial charge in [0.05, 0.1) is 24.1 Å². The Balaban J connectivity index is 2.06. The molecule has 0 bridgehead atoms. The molecule has 2 heterocycles. The van der Waals surface area contributed by atoms with Gasteiger partial charge in [0.25, 0.3) is 0 Å². The first kappa shape index (κ1) is 9.76. The van der Waals surface area contributed by atoms with E-state index in [9.17, 15) is 0 Å². The minimum absolute atomic E-state index is 0.239. The summed E-state index contributed by atoms with van der Waals surface area (Å²) in [6.45, 7) is 2.10. The Morgan fingerprint density at radius 3 is 2.33 bits per heavy atom. The van der Waals surface area contributed by atoms with Gasteiger partial charge in [-0.3, -0.25) is 9.36 Å². The summed E-state index contributed by atoms with van der Waals surface area (Å²) in [5.41, 5.74) is 2.19. The van der Waals surface area contributed by atoms with E-state index in [1.54, 1.807) is 9.36 Å². The van der Waals surface area contributed by atoms with Crippen LogP contribution in [0.25, 0.3) is 0 Å². The summed E-state index contributed by atoms with van der Waals surface area (Å²) in [5.74, 6) is 0. The van der Waals surface area contributed by atoms with Crippen LogP contribution >= 0.6 is 0 Å². The third kappa shape index (κ3) is 2.18. The minimum atomic E-state index is 0.239. The Kier molecular flexibility index (Phi) is 2.45. The van der Waals surface area contributed by atoms with Crippen molar-refractivity contribution in [2.45, 2.75) is 13.0 Å². The molecule has 0 saturated carbocycles. The van der Waals surface area contributed by atoms with E-state index in [0.717, 1.165) is 5.69 Å². The smallest absolute Gasteiger partial charge is 0.0731 e. The Morgan fingerprint density at radius 1 is 1.13 bits per heavy atom. The van der Waals surface area contributed by atoms with E-state index in [1.807, 2.05) is 38.9 Å². The maximum atomic E-state index is 4.14. The van der Waals surface area contributed by atoms with Crippen LogP contribution < -0.4 is 5.32 Å². The molecule has 2 rings (SSSR count). The van der Waals surface area contributed by atoms with Gasteiger partial charge < -0.3 is 5.32 Å². The molecule has 0 aliphatic carbocycles. The summed E-state index contributed by atoms with van der Waals surface area (Å²) in [7, 11) is 3.82. The molecule has 15 heavy (non-hydrogen) atoms. The Labute approximate surface area is 88.7 Å². The van der Waals surface area contributed by atoms with Crippen LogP contribution in [0.5, 0.6) is 0 Å². The van der Waals surface area contributed by atoms with Crippen LogP contribution in [0.1, 0.15) is 18.5 Å². The van der Waals surface area contributed by atoms with E-state index >= 15 is 0 Å². The molecule has 0 aliphatic rings. The maximum Gasteiger partial charge on any atom is 0.0731 e. The van der Waals surface area contributed by atoms with Gasteiger partial charge in [0, 0.05) is 32.1 Å². The molecule has 0 saturated heterocycles. The zero-order valence-corrected chi connectivity index (χ0v) is 9.18. The average molecular weight is 205 g/mol. The van der Waals surface area contributed by atoms with Crippen molar-refractivity contribution in [3.8, 4) is 0 Å². The fraction of sp³-hybridized carbons (Fsp3) is 0.400. The number of nitrogens with zero attached hydrogens (tertiary/aromatic N) is 4. The third-order valence-corrected chi connectivity index (χ3v) is 2.31. The molecular weight excluding hydrogens is 190 g/mol. The predicted molar refractivity (Wildman–Crippen MR) is 58.5 cm³/mol. The van der Waals surface area contributed by atoms with Crippen LogP contribution in [0.4, 0.5) is 5.69 Å². The lowest BCUT2D eigenvalue weighted by Crippen LogP contribution is -2.04. The van der Waals surface area contributed by atoms with Crippen LogP contribution in [-0.2, 0) is 14.1 Å². The highest BCUT2D eigenvalue weighted by Gasteiger charge is 2.07. The number of rotatable bonds is 3. The fourth-order valence-corrected chi connectivity index (χ4v) is 1.49. The number of nitrogens with one attached hydrogen (secondary N) is 1. The summed E-state index contributed by atoms with van der Waals surface area (Å²) in [5, 5.41) is 11.6. The predicted octanol–water partition coefficient (Wildman–Crippen LogP) is 1.33. The van der Waals surface area contributed by atoms with Crippen molar-refractivity contribution < 1.29 is 0 Å². The zero-order chi connectivity index (χ0) is 10.8. The van der Waals surface area contributed by atoms with Crippen molar-refractivity contribution in [3.05, 3.63) is 30.4 Å². The first-order chi connectivity index (χ1) is 7.15. The molecule has 0 spiro atoms. The molecule has 0 aromatic carbocycles. The van der Waals surface area contributed by atoms with Gasteiger partial charge in [-0.05, 0) is 6.92 Å². The summed E-state index contributed by atoms with van der Waals surface area (Å²) in [6, 6.07) is 0.239. The standard InChI is InChI=1S/C10H15N5/c1-8(9-4-11-14(2)6-9)13-10-5-12-15(3)7-10/h4-8,13H,1-3H3/t8-/m0/s1. The highest BCUT2D eigenvalue weighted by Crippen LogP contribution is 2.17. The molecule has 1 atom stereocenters. The van der Waals surface area contributed by atoms with Crippen molar-refractivity contribution in [2.24, 2.45) is 14.1 Å². The van der Waals surface area contributed by atoms with Gasteiger partial charge in [0.15, 0.2) is 0 Å². The molecule has 0 radical (unpaired) electrons. The second-order valence-electron chi connectivity index (χ2n) is 3.72. The molecule has 2 aromatic rings. The van der Waals surface area contributed by atoms with Gasteiger partial charge in [-0.25, -0.2) is 0 Å². The molecule has 0 aliphatic heterocycles. The van der Waals surface area contributed by atoms with Gasteiger partial charge in [0.2, 0.25) is 0 Å². The first-order valence-electron chi connectivity index (χ1n) is 4.89. The average Bonchev–Trinajstić information content (AvgIpc) is 2.75. The third-order valence-electron chi connectivity index (χ3n) is 2.31. The fourth-order valence-electron chi connectivity index (χ4n) is 1.49. The molecule has 0 fully saturated rings. The van der Waals surface area contributed by atoms with Gasteiger partial charge in [0.1, 0.15) is 0 Å². The van der Waals surface area contributed by atoms with Crippen molar-refractivity contribution in [2.75, 3.05) is 5.32 Å². The quantitative estimate of drug-likeness (QED) is 0.822. The van der Waals surface area contributed by atoms with E-state index < -0.39 is 0 Å². The molecule has 2 aromatic heterocycles. The van der Waals surface area contributed by atoms with Crippen molar-refractivity contribution in [1.82, 2.24) is 19.6 Å². The minimum Gasteiger partial charge on any atom is -0.376 e. The second-order valence-corrected chi connectivity index (χ2v) is 3.72. The topological polar surface area (TPSA) is 47.7 Å². The highest BCUT2D eigenvalue weighted by atomic mass is 15.3. The summed E-state index contributed by atoms with van der Waals surface area (Å²) < 4.78 is 3.58. The number of aryl methyl sites for hydroxylation is 2.